The third-order valence-corrected chi connectivity index (χ3v) is 7.72. The van der Waals surface area contributed by atoms with Gasteiger partial charge in [-0.25, -0.2) is 8.42 Å². The van der Waals surface area contributed by atoms with E-state index in [2.05, 4.69) is 15.6 Å². The molecule has 2 N–H and O–H groups in total. The van der Waals surface area contributed by atoms with Gasteiger partial charge in [0.05, 0.1) is 4.90 Å². The van der Waals surface area contributed by atoms with E-state index in [0.717, 1.165) is 5.70 Å². The highest BCUT2D eigenvalue weighted by molar-refractivity contribution is 7.89. The molecule has 9 heteroatoms. The average Bonchev–Trinajstić information content (AvgIpc) is 3.29. The van der Waals surface area contributed by atoms with Crippen molar-refractivity contribution in [2.75, 3.05) is 13.1 Å². The fourth-order valence-electron chi connectivity index (χ4n) is 4.25. The van der Waals surface area contributed by atoms with E-state index in [9.17, 15) is 18.0 Å². The molecule has 4 rings (SSSR count). The zero-order valence-corrected chi connectivity index (χ0v) is 17.0. The molecule has 29 heavy (non-hydrogen) atoms. The van der Waals surface area contributed by atoms with Gasteiger partial charge < -0.3 is 10.6 Å². The standard InChI is InChI=1S/C20H24N4O4S/c1-14(25)15-4-6-17(7-5-15)29(27,28)24-18(13-16-3-2-10-22-16)19(26)23-20(24)8-11-21-12-9-20/h3-7,10,18,21H,2,8-9,11-13H2,1H3,(H,23,26). The Bertz CT molecular complexity index is 992. The normalized spacial score (nSPS) is 24.0. The number of amides is 1. The summed E-state index contributed by atoms with van der Waals surface area (Å²) >= 11 is 0. The Labute approximate surface area is 170 Å². The molecule has 1 atom stereocenters. The largest absolute Gasteiger partial charge is 0.335 e. The maximum absolute atomic E-state index is 13.7. The monoisotopic (exact) mass is 416 g/mol. The topological polar surface area (TPSA) is 108 Å². The number of allylic oxidation sites excluding steroid dienone is 1. The Balaban J connectivity index is 1.76. The summed E-state index contributed by atoms with van der Waals surface area (Å²) < 4.78 is 28.7. The lowest BCUT2D eigenvalue weighted by molar-refractivity contribution is -0.121. The Morgan fingerprint density at radius 1 is 1.24 bits per heavy atom. The van der Waals surface area contributed by atoms with Gasteiger partial charge in [0.25, 0.3) is 0 Å². The minimum Gasteiger partial charge on any atom is -0.335 e. The van der Waals surface area contributed by atoms with Gasteiger partial charge in [0, 0.05) is 30.3 Å². The smallest absolute Gasteiger partial charge is 0.245 e. The number of carbonyl (C=O) groups is 2. The number of nitrogens with zero attached hydrogens (tertiary/aromatic N) is 2. The first-order valence-electron chi connectivity index (χ1n) is 9.73. The molecule has 8 nitrogen and oxygen atoms in total. The zero-order chi connectivity index (χ0) is 20.6. The second-order valence-electron chi connectivity index (χ2n) is 7.62. The second kappa shape index (κ2) is 7.47. The molecule has 0 aliphatic carbocycles. The van der Waals surface area contributed by atoms with Crippen molar-refractivity contribution in [1.82, 2.24) is 14.9 Å². The van der Waals surface area contributed by atoms with Gasteiger partial charge in [-0.2, -0.15) is 4.31 Å². The van der Waals surface area contributed by atoms with E-state index in [0.29, 0.717) is 37.9 Å². The van der Waals surface area contributed by atoms with Gasteiger partial charge in [-0.05, 0) is 45.0 Å². The molecule has 1 aromatic carbocycles. The number of carbonyl (C=O) groups excluding carboxylic acids is 2. The van der Waals surface area contributed by atoms with Crippen LogP contribution in [0.1, 0.15) is 43.0 Å². The van der Waals surface area contributed by atoms with Gasteiger partial charge >= 0.3 is 0 Å². The van der Waals surface area contributed by atoms with E-state index < -0.39 is 21.7 Å². The molecule has 154 valence electrons. The van der Waals surface area contributed by atoms with Crippen LogP contribution in [0.2, 0.25) is 0 Å². The average molecular weight is 417 g/mol. The van der Waals surface area contributed by atoms with Crippen LogP contribution in [0.5, 0.6) is 0 Å². The fourth-order valence-corrected chi connectivity index (χ4v) is 6.15. The van der Waals surface area contributed by atoms with Crippen molar-refractivity contribution in [1.29, 1.82) is 0 Å². The van der Waals surface area contributed by atoms with Crippen LogP contribution in [0.25, 0.3) is 0 Å². The van der Waals surface area contributed by atoms with Gasteiger partial charge in [-0.15, -0.1) is 0 Å². The first-order valence-corrected chi connectivity index (χ1v) is 11.2. The Hall–Kier alpha value is -2.36. The summed E-state index contributed by atoms with van der Waals surface area (Å²) in [6.07, 6.45) is 5.57. The number of hydrogen-bond acceptors (Lipinski definition) is 6. The molecule has 1 spiro atoms. The summed E-state index contributed by atoms with van der Waals surface area (Å²) in [6, 6.07) is 5.04. The minimum atomic E-state index is -3.98. The van der Waals surface area contributed by atoms with Gasteiger partial charge in [-0.1, -0.05) is 18.2 Å². The van der Waals surface area contributed by atoms with E-state index in [4.69, 9.17) is 0 Å². The van der Waals surface area contributed by atoms with Crippen molar-refractivity contribution >= 4 is 27.9 Å². The van der Waals surface area contributed by atoms with Crippen molar-refractivity contribution in [2.24, 2.45) is 4.99 Å². The predicted molar refractivity (Wildman–Crippen MR) is 108 cm³/mol. The molecule has 1 unspecified atom stereocenters. The number of Topliss-reactive ketones (excluding diaryl/α,β-unsaturated/α-hetero) is 1. The van der Waals surface area contributed by atoms with E-state index >= 15 is 0 Å². The van der Waals surface area contributed by atoms with Crippen molar-refractivity contribution in [3.63, 3.8) is 0 Å². The summed E-state index contributed by atoms with van der Waals surface area (Å²) in [4.78, 5) is 28.8. The third-order valence-electron chi connectivity index (χ3n) is 5.73. The quantitative estimate of drug-likeness (QED) is 0.702. The molecule has 0 radical (unpaired) electrons. The summed E-state index contributed by atoms with van der Waals surface area (Å²) in [5, 5.41) is 6.21. The maximum Gasteiger partial charge on any atom is 0.245 e. The highest BCUT2D eigenvalue weighted by Crippen LogP contribution is 2.38. The lowest BCUT2D eigenvalue weighted by Gasteiger charge is -2.41. The highest BCUT2D eigenvalue weighted by Gasteiger charge is 2.57. The van der Waals surface area contributed by atoms with Crippen LogP contribution in [0.3, 0.4) is 0 Å². The molecule has 0 aromatic heterocycles. The molecule has 1 amide bonds. The molecule has 3 aliphatic heterocycles. The minimum absolute atomic E-state index is 0.0748. The molecule has 1 aromatic rings. The van der Waals surface area contributed by atoms with Gasteiger partial charge in [0.1, 0.15) is 11.7 Å². The third kappa shape index (κ3) is 3.54. The summed E-state index contributed by atoms with van der Waals surface area (Å²) in [5.74, 6) is -0.426. The SMILES string of the molecule is CC(=O)c1ccc(S(=O)(=O)N2C(CC3=CCC=N3)C(=O)NC23CCNCC3)cc1. The Kier molecular flexibility index (Phi) is 5.14. The van der Waals surface area contributed by atoms with Gasteiger partial charge in [-0.3, -0.25) is 14.6 Å². The van der Waals surface area contributed by atoms with Crippen LogP contribution >= 0.6 is 0 Å². The number of rotatable bonds is 5. The number of sulfonamides is 1. The van der Waals surface area contributed by atoms with Crippen LogP contribution in [0, 0.1) is 0 Å². The van der Waals surface area contributed by atoms with Crippen molar-refractivity contribution < 1.29 is 18.0 Å². The predicted octanol–water partition coefficient (Wildman–Crippen LogP) is 1.21. The summed E-state index contributed by atoms with van der Waals surface area (Å²) in [5.41, 5.74) is 0.218. The number of hydrogen-bond donors (Lipinski definition) is 2. The van der Waals surface area contributed by atoms with E-state index in [1.54, 1.807) is 6.21 Å². The van der Waals surface area contributed by atoms with E-state index in [1.807, 2.05) is 6.08 Å². The molecular formula is C20H24N4O4S. The van der Waals surface area contributed by atoms with E-state index in [-0.39, 0.29) is 23.0 Å². The van der Waals surface area contributed by atoms with Crippen LogP contribution in [0.4, 0.5) is 0 Å². The molecule has 3 heterocycles. The van der Waals surface area contributed by atoms with Crippen molar-refractivity contribution in [2.45, 2.75) is 49.2 Å². The summed E-state index contributed by atoms with van der Waals surface area (Å²) in [6.45, 7) is 2.66. The van der Waals surface area contributed by atoms with Crippen LogP contribution in [-0.2, 0) is 14.8 Å². The first kappa shape index (κ1) is 19.9. The second-order valence-corrected chi connectivity index (χ2v) is 9.43. The molecule has 0 saturated carbocycles. The highest BCUT2D eigenvalue weighted by atomic mass is 32.2. The molecule has 2 fully saturated rings. The van der Waals surface area contributed by atoms with Gasteiger partial charge in [0.2, 0.25) is 15.9 Å². The lowest BCUT2D eigenvalue weighted by Crippen LogP contribution is -2.60. The number of benzene rings is 1. The molecule has 2 saturated heterocycles. The maximum atomic E-state index is 13.7. The molecular weight excluding hydrogens is 392 g/mol. The Morgan fingerprint density at radius 3 is 2.52 bits per heavy atom. The fraction of sp³-hybridized carbons (Fsp3) is 0.450. The van der Waals surface area contributed by atoms with E-state index in [1.165, 1.54) is 35.5 Å². The summed E-state index contributed by atoms with van der Waals surface area (Å²) in [7, 11) is -3.98. The number of nitrogens with one attached hydrogen (secondary N) is 2. The number of ketones is 1. The Morgan fingerprint density at radius 2 is 1.93 bits per heavy atom. The van der Waals surface area contributed by atoms with Crippen LogP contribution < -0.4 is 10.6 Å². The van der Waals surface area contributed by atoms with Crippen LogP contribution in [0.15, 0.2) is 45.9 Å². The van der Waals surface area contributed by atoms with Crippen molar-refractivity contribution in [3.05, 3.63) is 41.6 Å². The lowest BCUT2D eigenvalue weighted by atomic mass is 9.99. The first-order chi connectivity index (χ1) is 13.8. The zero-order valence-electron chi connectivity index (χ0n) is 16.2. The van der Waals surface area contributed by atoms with Gasteiger partial charge in [0.15, 0.2) is 5.78 Å². The molecule has 0 bridgehead atoms. The van der Waals surface area contributed by atoms with Crippen LogP contribution in [-0.4, -0.2) is 55.4 Å². The number of piperidine rings is 1. The number of aliphatic imine (C=N–C) groups is 1. The van der Waals surface area contributed by atoms with Crippen molar-refractivity contribution in [3.8, 4) is 0 Å². The molecule has 3 aliphatic rings.